The molecule has 0 bridgehead atoms. The highest BCUT2D eigenvalue weighted by molar-refractivity contribution is 7.92. The van der Waals surface area contributed by atoms with Gasteiger partial charge in [-0.15, -0.1) is 0 Å². The van der Waals surface area contributed by atoms with Gasteiger partial charge in [-0.3, -0.25) is 4.79 Å². The zero-order chi connectivity index (χ0) is 20.2. The Kier molecular flexibility index (Phi) is 6.30. The zero-order valence-electron chi connectivity index (χ0n) is 14.9. The highest BCUT2D eigenvalue weighted by Crippen LogP contribution is 2.30. The number of amides is 1. The molecule has 4 nitrogen and oxygen atoms in total. The predicted octanol–water partition coefficient (Wildman–Crippen LogP) is 4.21. The Balaban J connectivity index is 2.11. The molecule has 0 spiro atoms. The molecule has 1 atom stereocenters. The van der Waals surface area contributed by atoms with Gasteiger partial charge in [0.1, 0.15) is 5.25 Å². The third-order valence-electron chi connectivity index (χ3n) is 4.16. The van der Waals surface area contributed by atoms with Gasteiger partial charge in [0.2, 0.25) is 5.91 Å². The molecule has 0 aliphatic rings. The molecule has 0 aromatic heterocycles. The normalized spacial score (nSPS) is 13.2. The Morgan fingerprint density at radius 2 is 1.70 bits per heavy atom. The van der Waals surface area contributed by atoms with Gasteiger partial charge >= 0.3 is 6.18 Å². The van der Waals surface area contributed by atoms with Crippen LogP contribution in [0.2, 0.25) is 0 Å². The van der Waals surface area contributed by atoms with E-state index in [1.165, 1.54) is 13.0 Å². The van der Waals surface area contributed by atoms with Crippen molar-refractivity contribution in [2.45, 2.75) is 37.4 Å². The van der Waals surface area contributed by atoms with Crippen molar-refractivity contribution in [2.24, 2.45) is 0 Å². The first kappa shape index (κ1) is 21.0. The summed E-state index contributed by atoms with van der Waals surface area (Å²) in [4.78, 5) is 12.3. The molecule has 0 heterocycles. The van der Waals surface area contributed by atoms with Gasteiger partial charge in [0, 0.05) is 5.69 Å². The first-order chi connectivity index (χ1) is 12.5. The van der Waals surface area contributed by atoms with Crippen LogP contribution in [0, 0.1) is 0 Å². The first-order valence-electron chi connectivity index (χ1n) is 8.30. The van der Waals surface area contributed by atoms with Crippen LogP contribution in [0.5, 0.6) is 0 Å². The molecule has 0 unspecified atom stereocenters. The molecular formula is C19H20F3NO3S. The number of halogens is 3. The van der Waals surface area contributed by atoms with E-state index in [4.69, 9.17) is 0 Å². The van der Waals surface area contributed by atoms with Gasteiger partial charge in [-0.1, -0.05) is 37.3 Å². The Hall–Kier alpha value is -2.35. The SMILES string of the molecule is CCc1ccc(NC(=O)[C@@H](C)S(=O)(=O)Cc2cccc(C(F)(F)F)c2)cc1. The molecule has 146 valence electrons. The quantitative estimate of drug-likeness (QED) is 0.792. The second kappa shape index (κ2) is 8.12. The van der Waals surface area contributed by atoms with Gasteiger partial charge in [-0.25, -0.2) is 8.42 Å². The maximum Gasteiger partial charge on any atom is 0.416 e. The molecule has 27 heavy (non-hydrogen) atoms. The number of nitrogens with one attached hydrogen (secondary N) is 1. The summed E-state index contributed by atoms with van der Waals surface area (Å²) in [6, 6.07) is 11.1. The minimum absolute atomic E-state index is 0.0169. The smallest absolute Gasteiger partial charge is 0.325 e. The number of rotatable bonds is 6. The molecule has 2 aromatic carbocycles. The average Bonchev–Trinajstić information content (AvgIpc) is 2.60. The van der Waals surface area contributed by atoms with Crippen LogP contribution in [-0.2, 0) is 33.0 Å². The summed E-state index contributed by atoms with van der Waals surface area (Å²) in [7, 11) is -3.99. The maximum atomic E-state index is 12.8. The number of carbonyl (C=O) groups is 1. The van der Waals surface area contributed by atoms with Crippen molar-refractivity contribution in [2.75, 3.05) is 5.32 Å². The molecule has 1 N–H and O–H groups in total. The monoisotopic (exact) mass is 399 g/mol. The molecule has 2 aromatic rings. The maximum absolute atomic E-state index is 12.8. The number of hydrogen-bond acceptors (Lipinski definition) is 3. The molecule has 0 aliphatic carbocycles. The number of aryl methyl sites for hydroxylation is 1. The Morgan fingerprint density at radius 1 is 1.07 bits per heavy atom. The highest BCUT2D eigenvalue weighted by Gasteiger charge is 2.32. The number of benzene rings is 2. The molecule has 0 saturated heterocycles. The van der Waals surface area contributed by atoms with Crippen molar-refractivity contribution in [3.05, 3.63) is 65.2 Å². The van der Waals surface area contributed by atoms with Crippen molar-refractivity contribution in [3.63, 3.8) is 0 Å². The van der Waals surface area contributed by atoms with E-state index in [9.17, 15) is 26.4 Å². The van der Waals surface area contributed by atoms with E-state index in [0.29, 0.717) is 5.69 Å². The summed E-state index contributed by atoms with van der Waals surface area (Å²) in [5.74, 6) is -1.38. The van der Waals surface area contributed by atoms with Gasteiger partial charge in [0.05, 0.1) is 11.3 Å². The summed E-state index contributed by atoms with van der Waals surface area (Å²) < 4.78 is 63.2. The fourth-order valence-electron chi connectivity index (χ4n) is 2.43. The van der Waals surface area contributed by atoms with E-state index in [2.05, 4.69) is 5.32 Å². The molecule has 0 saturated carbocycles. The second-order valence-electron chi connectivity index (χ2n) is 6.19. The van der Waals surface area contributed by atoms with Crippen molar-refractivity contribution >= 4 is 21.4 Å². The summed E-state index contributed by atoms with van der Waals surface area (Å²) in [5.41, 5.74) is 0.580. The van der Waals surface area contributed by atoms with Gasteiger partial charge in [-0.2, -0.15) is 13.2 Å². The van der Waals surface area contributed by atoms with Crippen molar-refractivity contribution < 1.29 is 26.4 Å². The largest absolute Gasteiger partial charge is 0.416 e. The van der Waals surface area contributed by atoms with Crippen LogP contribution in [0.15, 0.2) is 48.5 Å². The van der Waals surface area contributed by atoms with E-state index in [0.717, 1.165) is 30.2 Å². The molecule has 0 radical (unpaired) electrons. The molecular weight excluding hydrogens is 379 g/mol. The van der Waals surface area contributed by atoms with Crippen LogP contribution in [0.25, 0.3) is 0 Å². The van der Waals surface area contributed by atoms with Crippen molar-refractivity contribution in [3.8, 4) is 0 Å². The number of anilines is 1. The first-order valence-corrected chi connectivity index (χ1v) is 10.0. The summed E-state index contributed by atoms with van der Waals surface area (Å²) >= 11 is 0. The minimum atomic E-state index is -4.56. The predicted molar refractivity (Wildman–Crippen MR) is 98.0 cm³/mol. The third kappa shape index (κ3) is 5.56. The number of hydrogen-bond donors (Lipinski definition) is 1. The van der Waals surface area contributed by atoms with E-state index in [1.54, 1.807) is 12.1 Å². The van der Waals surface area contributed by atoms with Gasteiger partial charge in [-0.05, 0) is 42.7 Å². The van der Waals surface area contributed by atoms with Crippen LogP contribution in [0.1, 0.15) is 30.5 Å². The van der Waals surface area contributed by atoms with Gasteiger partial charge < -0.3 is 5.32 Å². The van der Waals surface area contributed by atoms with Crippen LogP contribution in [-0.4, -0.2) is 19.6 Å². The van der Waals surface area contributed by atoms with Crippen molar-refractivity contribution in [1.29, 1.82) is 0 Å². The van der Waals surface area contributed by atoms with Crippen molar-refractivity contribution in [1.82, 2.24) is 0 Å². The molecule has 8 heteroatoms. The third-order valence-corrected chi connectivity index (χ3v) is 6.19. The van der Waals surface area contributed by atoms with Crippen LogP contribution in [0.3, 0.4) is 0 Å². The summed E-state index contributed by atoms with van der Waals surface area (Å²) in [5, 5.41) is 1.12. The Morgan fingerprint density at radius 3 is 2.26 bits per heavy atom. The Bertz CT molecular complexity index is 907. The lowest BCUT2D eigenvalue weighted by atomic mass is 10.1. The highest BCUT2D eigenvalue weighted by atomic mass is 32.2. The molecule has 1 amide bonds. The van der Waals surface area contributed by atoms with E-state index in [1.807, 2.05) is 19.1 Å². The van der Waals surface area contributed by atoms with E-state index >= 15 is 0 Å². The minimum Gasteiger partial charge on any atom is -0.325 e. The van der Waals surface area contributed by atoms with E-state index < -0.39 is 38.5 Å². The lowest BCUT2D eigenvalue weighted by Crippen LogP contribution is -2.33. The van der Waals surface area contributed by atoms with Crippen LogP contribution < -0.4 is 5.32 Å². The molecule has 2 rings (SSSR count). The molecule has 0 aliphatic heterocycles. The lowest BCUT2D eigenvalue weighted by Gasteiger charge is -2.14. The average molecular weight is 399 g/mol. The second-order valence-corrected chi connectivity index (χ2v) is 8.51. The molecule has 0 fully saturated rings. The Labute approximate surface area is 156 Å². The lowest BCUT2D eigenvalue weighted by molar-refractivity contribution is -0.137. The summed E-state index contributed by atoms with van der Waals surface area (Å²) in [6.07, 6.45) is -3.73. The number of sulfone groups is 1. The van der Waals surface area contributed by atoms with E-state index in [-0.39, 0.29) is 5.56 Å². The number of carbonyl (C=O) groups excluding carboxylic acids is 1. The standard InChI is InChI=1S/C19H20F3NO3S/c1-3-14-7-9-17(10-8-14)23-18(24)13(2)27(25,26)12-15-5-4-6-16(11-15)19(20,21)22/h4-11,13H,3,12H2,1-2H3,(H,23,24)/t13-/m1/s1. The fraction of sp³-hybridized carbons (Fsp3) is 0.316. The van der Waals surface area contributed by atoms with Crippen LogP contribution >= 0.6 is 0 Å². The zero-order valence-corrected chi connectivity index (χ0v) is 15.7. The topological polar surface area (TPSA) is 63.2 Å². The van der Waals surface area contributed by atoms with Gasteiger partial charge in [0.15, 0.2) is 9.84 Å². The fourth-order valence-corrected chi connectivity index (χ4v) is 3.70. The summed E-state index contributed by atoms with van der Waals surface area (Å²) in [6.45, 7) is 3.20. The van der Waals surface area contributed by atoms with Gasteiger partial charge in [0.25, 0.3) is 0 Å². The number of alkyl halides is 3. The van der Waals surface area contributed by atoms with Crippen LogP contribution in [0.4, 0.5) is 18.9 Å².